The van der Waals surface area contributed by atoms with Gasteiger partial charge in [0.2, 0.25) is 13.7 Å². The summed E-state index contributed by atoms with van der Waals surface area (Å²) in [4.78, 5) is 21.3. The van der Waals surface area contributed by atoms with Crippen LogP contribution in [0.5, 0.6) is 0 Å². The smallest absolute Gasteiger partial charge is 0.407 e. The van der Waals surface area contributed by atoms with Crippen LogP contribution in [0.2, 0.25) is 0 Å². The first-order chi connectivity index (χ1) is 7.66. The summed E-state index contributed by atoms with van der Waals surface area (Å²) in [5, 5.41) is 2.52. The number of alkyl carbamates (subject to hydrolysis) is 1. The number of ether oxygens (including phenoxy) is 3. The van der Waals surface area contributed by atoms with Crippen LogP contribution in [0, 0.1) is 0 Å². The van der Waals surface area contributed by atoms with Crippen molar-refractivity contribution in [1.29, 1.82) is 0 Å². The fourth-order valence-electron chi connectivity index (χ4n) is 0.817. The van der Waals surface area contributed by atoms with Gasteiger partial charge >= 0.3 is 6.09 Å². The Balaban J connectivity index is 3.14. The van der Waals surface area contributed by atoms with Gasteiger partial charge in [0.15, 0.2) is 0 Å². The van der Waals surface area contributed by atoms with Gasteiger partial charge in [0.05, 0.1) is 19.8 Å². The number of hydrogen-bond acceptors (Lipinski definition) is 5. The Hall–Kier alpha value is -1.24. The van der Waals surface area contributed by atoms with E-state index in [0.717, 1.165) is 6.42 Å². The zero-order valence-corrected chi connectivity index (χ0v) is 9.78. The predicted molar refractivity (Wildman–Crippen MR) is 60.4 cm³/mol. The molecule has 6 nitrogen and oxygen atoms in total. The highest BCUT2D eigenvalue weighted by molar-refractivity contribution is 6.55. The van der Waals surface area contributed by atoms with Gasteiger partial charge in [-0.25, -0.2) is 4.79 Å². The van der Waals surface area contributed by atoms with Crippen molar-refractivity contribution in [2.75, 3.05) is 33.0 Å². The molecule has 0 aromatic carbocycles. The molecule has 0 rings (SSSR count). The lowest BCUT2D eigenvalue weighted by Crippen LogP contribution is -2.28. The molecule has 0 aromatic rings. The molecular formula is C9H18BNO5. The lowest BCUT2D eigenvalue weighted by Gasteiger charge is -2.06. The third-order valence-electron chi connectivity index (χ3n) is 1.49. The monoisotopic (exact) mass is 231 g/mol. The fourth-order valence-corrected chi connectivity index (χ4v) is 0.817. The summed E-state index contributed by atoms with van der Waals surface area (Å²) in [5.74, 6) is -0.329. The van der Waals surface area contributed by atoms with Crippen LogP contribution in [0.25, 0.3) is 0 Å². The molecule has 0 saturated carbocycles. The second-order valence-corrected chi connectivity index (χ2v) is 3.02. The summed E-state index contributed by atoms with van der Waals surface area (Å²) in [6.45, 7) is 3.64. The van der Waals surface area contributed by atoms with Crippen LogP contribution in [-0.4, -0.2) is 52.8 Å². The second-order valence-electron chi connectivity index (χ2n) is 3.02. The molecule has 16 heavy (non-hydrogen) atoms. The average molecular weight is 231 g/mol. The Morgan fingerprint density at radius 2 is 1.88 bits per heavy atom. The number of amides is 1. The molecule has 1 N–H and O–H groups in total. The average Bonchev–Trinajstić information content (AvgIpc) is 2.24. The van der Waals surface area contributed by atoms with Crippen molar-refractivity contribution in [2.45, 2.75) is 13.3 Å². The molecule has 0 aliphatic heterocycles. The van der Waals surface area contributed by atoms with Gasteiger partial charge in [-0.3, -0.25) is 4.79 Å². The Kier molecular flexibility index (Phi) is 9.49. The minimum absolute atomic E-state index is 0.232. The topological polar surface area (TPSA) is 73.9 Å². The summed E-state index contributed by atoms with van der Waals surface area (Å²) in [7, 11) is 1.34. The number of rotatable bonds is 8. The zero-order chi connectivity index (χ0) is 12.2. The molecule has 0 unspecified atom stereocenters. The molecule has 0 spiro atoms. The quantitative estimate of drug-likeness (QED) is 0.466. The van der Waals surface area contributed by atoms with Crippen LogP contribution in [-0.2, 0) is 14.2 Å². The molecule has 0 radical (unpaired) electrons. The molecule has 0 heterocycles. The summed E-state index contributed by atoms with van der Waals surface area (Å²) in [5.41, 5.74) is 0. The van der Waals surface area contributed by atoms with E-state index in [1.807, 2.05) is 6.92 Å². The molecule has 0 fully saturated rings. The van der Waals surface area contributed by atoms with Crippen molar-refractivity contribution >= 4 is 19.8 Å². The number of hydrogen-bond donors (Lipinski definition) is 1. The lowest BCUT2D eigenvalue weighted by molar-refractivity contribution is 0.0817. The highest BCUT2D eigenvalue weighted by Gasteiger charge is 1.99. The Labute approximate surface area is 96.0 Å². The molecule has 0 aliphatic rings. The molecule has 0 aliphatic carbocycles. The van der Waals surface area contributed by atoms with Gasteiger partial charge in [0, 0.05) is 6.54 Å². The van der Waals surface area contributed by atoms with Crippen molar-refractivity contribution in [3.8, 4) is 0 Å². The van der Waals surface area contributed by atoms with Crippen LogP contribution < -0.4 is 5.32 Å². The van der Waals surface area contributed by atoms with Gasteiger partial charge in [-0.2, -0.15) is 0 Å². The van der Waals surface area contributed by atoms with Crippen LogP contribution >= 0.6 is 0 Å². The van der Waals surface area contributed by atoms with Gasteiger partial charge in [-0.15, -0.1) is 0 Å². The third-order valence-corrected chi connectivity index (χ3v) is 1.49. The molecular weight excluding hydrogens is 213 g/mol. The standard InChI is InChI=1S/C9H18BNO5/c1-2-4-16-9(13)11-3-5-14-6-7-15-8(10)12/h2-7,10H2,1H3,(H,11,13). The summed E-state index contributed by atoms with van der Waals surface area (Å²) in [6, 6.07) is 0. The van der Waals surface area contributed by atoms with Crippen molar-refractivity contribution in [3.05, 3.63) is 0 Å². The minimum atomic E-state index is -0.439. The van der Waals surface area contributed by atoms with Crippen LogP contribution in [0.15, 0.2) is 0 Å². The molecule has 0 aromatic heterocycles. The van der Waals surface area contributed by atoms with Crippen molar-refractivity contribution in [1.82, 2.24) is 5.32 Å². The number of carbonyl (C=O) groups excluding carboxylic acids is 2. The van der Waals surface area contributed by atoms with Crippen LogP contribution in [0.4, 0.5) is 9.59 Å². The summed E-state index contributed by atoms with van der Waals surface area (Å²) < 4.78 is 14.5. The van der Waals surface area contributed by atoms with Crippen molar-refractivity contribution in [3.63, 3.8) is 0 Å². The van der Waals surface area contributed by atoms with Gasteiger partial charge < -0.3 is 19.5 Å². The molecule has 0 bridgehead atoms. The SMILES string of the molecule is BC(=O)OCCOCCNC(=O)OCCC. The van der Waals surface area contributed by atoms with E-state index in [1.165, 1.54) is 7.85 Å². The Morgan fingerprint density at radius 3 is 2.50 bits per heavy atom. The Morgan fingerprint density at radius 1 is 1.12 bits per heavy atom. The highest BCUT2D eigenvalue weighted by Crippen LogP contribution is 1.82. The van der Waals surface area contributed by atoms with Crippen LogP contribution in [0.1, 0.15) is 13.3 Å². The van der Waals surface area contributed by atoms with Crippen molar-refractivity contribution < 1.29 is 23.8 Å². The van der Waals surface area contributed by atoms with Crippen molar-refractivity contribution in [2.24, 2.45) is 0 Å². The van der Waals surface area contributed by atoms with Gasteiger partial charge in [0.1, 0.15) is 6.61 Å². The normalized spacial score (nSPS) is 9.56. The molecule has 1 amide bonds. The lowest BCUT2D eigenvalue weighted by atomic mass is 10.2. The minimum Gasteiger partial charge on any atom is -0.472 e. The predicted octanol–water partition coefficient (Wildman–Crippen LogP) is -0.0911. The number of carbonyl (C=O) groups is 2. The fraction of sp³-hybridized carbons (Fsp3) is 0.778. The maximum absolute atomic E-state index is 10.9. The van der Waals surface area contributed by atoms with E-state index in [4.69, 9.17) is 9.47 Å². The van der Waals surface area contributed by atoms with E-state index in [2.05, 4.69) is 10.1 Å². The van der Waals surface area contributed by atoms with Gasteiger partial charge in [-0.1, -0.05) is 6.92 Å². The maximum Gasteiger partial charge on any atom is 0.407 e. The zero-order valence-electron chi connectivity index (χ0n) is 9.78. The first-order valence-corrected chi connectivity index (χ1v) is 5.28. The second kappa shape index (κ2) is 10.3. The molecule has 0 saturated heterocycles. The first-order valence-electron chi connectivity index (χ1n) is 5.28. The van der Waals surface area contributed by atoms with E-state index in [0.29, 0.717) is 26.4 Å². The largest absolute Gasteiger partial charge is 0.472 e. The molecule has 92 valence electrons. The van der Waals surface area contributed by atoms with E-state index < -0.39 is 6.09 Å². The highest BCUT2D eigenvalue weighted by atomic mass is 16.6. The van der Waals surface area contributed by atoms with Gasteiger partial charge in [-0.05, 0) is 6.42 Å². The number of nitrogens with one attached hydrogen (secondary N) is 1. The van der Waals surface area contributed by atoms with Gasteiger partial charge in [0.25, 0.3) is 0 Å². The summed E-state index contributed by atoms with van der Waals surface area (Å²) >= 11 is 0. The summed E-state index contributed by atoms with van der Waals surface area (Å²) in [6.07, 6.45) is 0.359. The Bertz CT molecular complexity index is 212. The van der Waals surface area contributed by atoms with E-state index in [-0.39, 0.29) is 12.5 Å². The van der Waals surface area contributed by atoms with E-state index in [9.17, 15) is 9.59 Å². The van der Waals surface area contributed by atoms with E-state index >= 15 is 0 Å². The first kappa shape index (κ1) is 14.8. The van der Waals surface area contributed by atoms with E-state index in [1.54, 1.807) is 0 Å². The third kappa shape index (κ3) is 10.8. The maximum atomic E-state index is 10.9. The molecule has 7 heteroatoms. The van der Waals surface area contributed by atoms with Crippen LogP contribution in [0.3, 0.4) is 0 Å². The molecule has 0 atom stereocenters.